The van der Waals surface area contributed by atoms with Crippen LogP contribution in [0, 0.1) is 0 Å². The predicted octanol–water partition coefficient (Wildman–Crippen LogP) is 1.04. The molecule has 0 amide bonds. The summed E-state index contributed by atoms with van der Waals surface area (Å²) in [4.78, 5) is 16.5. The molecule has 7 heteroatoms. The fourth-order valence-electron chi connectivity index (χ4n) is 3.03. The highest BCUT2D eigenvalue weighted by molar-refractivity contribution is 7.88. The van der Waals surface area contributed by atoms with Crippen LogP contribution in [0.1, 0.15) is 47.5 Å². The number of rotatable bonds is 3. The summed E-state index contributed by atoms with van der Waals surface area (Å²) in [5, 5.41) is 1.68. The zero-order chi connectivity index (χ0) is 15.1. The van der Waals surface area contributed by atoms with Gasteiger partial charge in [-0.3, -0.25) is 4.79 Å². The van der Waals surface area contributed by atoms with Crippen LogP contribution in [0.5, 0.6) is 0 Å². The molecule has 0 aromatic heterocycles. The van der Waals surface area contributed by atoms with Gasteiger partial charge in [0.15, 0.2) is 0 Å². The lowest BCUT2D eigenvalue weighted by Crippen LogP contribution is -2.64. The number of hydroxylamine groups is 2. The van der Waals surface area contributed by atoms with E-state index in [1.54, 1.807) is 5.06 Å². The van der Waals surface area contributed by atoms with E-state index in [-0.39, 0.29) is 12.0 Å². The van der Waals surface area contributed by atoms with Crippen LogP contribution in [0.2, 0.25) is 0 Å². The Labute approximate surface area is 115 Å². The van der Waals surface area contributed by atoms with Crippen molar-refractivity contribution in [3.05, 3.63) is 0 Å². The van der Waals surface area contributed by atoms with Crippen molar-refractivity contribution in [3.8, 4) is 0 Å². The number of carbonyl (C=O) groups is 1. The van der Waals surface area contributed by atoms with Crippen molar-refractivity contribution in [1.29, 1.82) is 0 Å². The number of piperidine rings is 1. The quantitative estimate of drug-likeness (QED) is 0.841. The van der Waals surface area contributed by atoms with E-state index >= 15 is 0 Å². The lowest BCUT2D eigenvalue weighted by atomic mass is 9.79. The van der Waals surface area contributed by atoms with E-state index in [0.29, 0.717) is 12.8 Å². The van der Waals surface area contributed by atoms with Crippen LogP contribution >= 0.6 is 0 Å². The Bertz CT molecular complexity index is 438. The molecule has 0 aliphatic carbocycles. The topological polar surface area (TPSA) is 75.7 Å². The van der Waals surface area contributed by atoms with Gasteiger partial charge in [0, 0.05) is 13.0 Å². The molecule has 1 fully saturated rings. The molecule has 0 atom stereocenters. The van der Waals surface area contributed by atoms with Gasteiger partial charge in [-0.1, -0.05) is 0 Å². The van der Waals surface area contributed by atoms with Crippen molar-refractivity contribution in [1.82, 2.24) is 9.79 Å². The summed E-state index contributed by atoms with van der Waals surface area (Å²) in [6.45, 7) is 9.12. The van der Waals surface area contributed by atoms with Crippen molar-refractivity contribution in [2.75, 3.05) is 6.26 Å². The van der Waals surface area contributed by atoms with Crippen LogP contribution in [-0.2, 0) is 19.7 Å². The highest BCUT2D eigenvalue weighted by atomic mass is 32.2. The second-order valence-corrected chi connectivity index (χ2v) is 8.28. The maximum absolute atomic E-state index is 11.4. The maximum Gasteiger partial charge on any atom is 0.322 e. The van der Waals surface area contributed by atoms with Gasteiger partial charge >= 0.3 is 5.97 Å². The third kappa shape index (κ3) is 4.43. The van der Waals surface area contributed by atoms with Gasteiger partial charge in [0.2, 0.25) is 10.0 Å². The third-order valence-electron chi connectivity index (χ3n) is 3.19. The Morgan fingerprint density at radius 3 is 1.95 bits per heavy atom. The molecule has 1 saturated heterocycles. The summed E-state index contributed by atoms with van der Waals surface area (Å²) in [5.41, 5.74) is -0.869. The van der Waals surface area contributed by atoms with Crippen LogP contribution in [-0.4, -0.2) is 42.8 Å². The van der Waals surface area contributed by atoms with Gasteiger partial charge in [-0.2, -0.15) is 0 Å². The maximum atomic E-state index is 11.4. The SMILES string of the molecule is CC(=O)ON1C(C)(C)CC(NS(C)(=O)=O)CC1(C)C. The van der Waals surface area contributed by atoms with E-state index < -0.39 is 21.1 Å². The number of nitrogens with one attached hydrogen (secondary N) is 1. The second-order valence-electron chi connectivity index (χ2n) is 6.50. The van der Waals surface area contributed by atoms with E-state index in [4.69, 9.17) is 4.84 Å². The second kappa shape index (κ2) is 5.03. The monoisotopic (exact) mass is 292 g/mol. The van der Waals surface area contributed by atoms with Crippen molar-refractivity contribution in [2.45, 2.75) is 64.6 Å². The summed E-state index contributed by atoms with van der Waals surface area (Å²) < 4.78 is 25.4. The molecule has 0 aromatic carbocycles. The van der Waals surface area contributed by atoms with Crippen LogP contribution in [0.3, 0.4) is 0 Å². The minimum absolute atomic E-state index is 0.160. The summed E-state index contributed by atoms with van der Waals surface area (Å²) >= 11 is 0. The van der Waals surface area contributed by atoms with E-state index in [0.717, 1.165) is 6.26 Å². The molecule has 19 heavy (non-hydrogen) atoms. The van der Waals surface area contributed by atoms with Gasteiger partial charge in [0.1, 0.15) is 0 Å². The van der Waals surface area contributed by atoms with Crippen LogP contribution in [0.4, 0.5) is 0 Å². The fourth-order valence-corrected chi connectivity index (χ4v) is 3.80. The van der Waals surface area contributed by atoms with Gasteiger partial charge in [-0.25, -0.2) is 13.1 Å². The zero-order valence-electron chi connectivity index (χ0n) is 12.5. The Morgan fingerprint density at radius 2 is 1.63 bits per heavy atom. The van der Waals surface area contributed by atoms with Gasteiger partial charge in [0.25, 0.3) is 0 Å². The van der Waals surface area contributed by atoms with Gasteiger partial charge in [0.05, 0.1) is 17.3 Å². The largest absolute Gasteiger partial charge is 0.367 e. The predicted molar refractivity (Wildman–Crippen MR) is 72.8 cm³/mol. The first kappa shape index (κ1) is 16.4. The molecule has 1 aliphatic rings. The molecule has 0 aromatic rings. The van der Waals surface area contributed by atoms with E-state index in [1.807, 2.05) is 27.7 Å². The van der Waals surface area contributed by atoms with Crippen molar-refractivity contribution in [3.63, 3.8) is 0 Å². The lowest BCUT2D eigenvalue weighted by Gasteiger charge is -2.52. The van der Waals surface area contributed by atoms with E-state index in [2.05, 4.69) is 4.72 Å². The highest BCUT2D eigenvalue weighted by Crippen LogP contribution is 2.38. The van der Waals surface area contributed by atoms with Crippen molar-refractivity contribution >= 4 is 16.0 Å². The molecule has 0 radical (unpaired) electrons. The molecule has 6 nitrogen and oxygen atoms in total. The number of nitrogens with zero attached hydrogens (tertiary/aromatic N) is 1. The Balaban J connectivity index is 2.96. The first-order valence-electron chi connectivity index (χ1n) is 6.30. The summed E-state index contributed by atoms with van der Waals surface area (Å²) in [5.74, 6) is -0.365. The van der Waals surface area contributed by atoms with Crippen molar-refractivity contribution < 1.29 is 18.0 Å². The Kier molecular flexibility index (Phi) is 4.34. The lowest BCUT2D eigenvalue weighted by molar-refractivity contribution is -0.266. The number of hydrogen-bond donors (Lipinski definition) is 1. The minimum atomic E-state index is -3.24. The van der Waals surface area contributed by atoms with Crippen LogP contribution in [0.15, 0.2) is 0 Å². The van der Waals surface area contributed by atoms with Crippen LogP contribution in [0.25, 0.3) is 0 Å². The number of hydrogen-bond acceptors (Lipinski definition) is 5. The zero-order valence-corrected chi connectivity index (χ0v) is 13.3. The first-order valence-corrected chi connectivity index (χ1v) is 8.19. The Hall–Kier alpha value is -0.660. The molecule has 112 valence electrons. The minimum Gasteiger partial charge on any atom is -0.367 e. The normalized spacial score (nSPS) is 24.1. The molecule has 0 unspecified atom stereocenters. The summed E-state index contributed by atoms with van der Waals surface area (Å²) in [7, 11) is -3.24. The van der Waals surface area contributed by atoms with Gasteiger partial charge in [-0.05, 0) is 40.5 Å². The van der Waals surface area contributed by atoms with Crippen LogP contribution < -0.4 is 4.72 Å². The number of sulfonamides is 1. The molecule has 1 N–H and O–H groups in total. The molecule has 0 spiro atoms. The van der Waals surface area contributed by atoms with Crippen molar-refractivity contribution in [2.24, 2.45) is 0 Å². The average Bonchev–Trinajstić information content (AvgIpc) is 2.06. The smallest absolute Gasteiger partial charge is 0.322 e. The number of carbonyl (C=O) groups excluding carboxylic acids is 1. The molecule has 1 heterocycles. The van der Waals surface area contributed by atoms with Gasteiger partial charge < -0.3 is 4.84 Å². The molecule has 0 saturated carbocycles. The molecule has 1 aliphatic heterocycles. The summed E-state index contributed by atoms with van der Waals surface area (Å²) in [6, 6.07) is -0.160. The van der Waals surface area contributed by atoms with Gasteiger partial charge in [-0.15, -0.1) is 5.06 Å². The first-order chi connectivity index (χ1) is 8.33. The molecular weight excluding hydrogens is 268 g/mol. The molecule has 1 rings (SSSR count). The fraction of sp³-hybridized carbons (Fsp3) is 0.917. The Morgan fingerprint density at radius 1 is 1.21 bits per heavy atom. The third-order valence-corrected chi connectivity index (χ3v) is 3.95. The standard InChI is InChI=1S/C12H24N2O4S/c1-9(15)18-14-11(2,3)7-10(8-12(14,4)5)13-19(6,16)17/h10,13H,7-8H2,1-6H3. The molecular formula is C12H24N2O4S. The highest BCUT2D eigenvalue weighted by Gasteiger charge is 2.48. The average molecular weight is 292 g/mol. The van der Waals surface area contributed by atoms with E-state index in [1.165, 1.54) is 6.92 Å². The van der Waals surface area contributed by atoms with E-state index in [9.17, 15) is 13.2 Å². The summed E-state index contributed by atoms with van der Waals surface area (Å²) in [6.07, 6.45) is 2.32. The molecule has 0 bridgehead atoms.